The van der Waals surface area contributed by atoms with Crippen LogP contribution in [0.3, 0.4) is 0 Å². The van der Waals surface area contributed by atoms with Gasteiger partial charge in [0.1, 0.15) is 10.5 Å². The molecule has 0 saturated carbocycles. The number of ether oxygens (including phenoxy) is 2. The van der Waals surface area contributed by atoms with Gasteiger partial charge < -0.3 is 9.47 Å². The molecule has 7 heteroatoms. The highest BCUT2D eigenvalue weighted by molar-refractivity contribution is 7.17. The van der Waals surface area contributed by atoms with E-state index in [0.717, 1.165) is 11.3 Å². The second kappa shape index (κ2) is 6.51. The minimum atomic E-state index is -0.612. The van der Waals surface area contributed by atoms with Gasteiger partial charge in [0.25, 0.3) is 0 Å². The average Bonchev–Trinajstić information content (AvgIpc) is 2.81. The summed E-state index contributed by atoms with van der Waals surface area (Å²) in [4.78, 5) is 29.2. The van der Waals surface area contributed by atoms with E-state index in [9.17, 15) is 9.59 Å². The Morgan fingerprint density at radius 2 is 2.15 bits per heavy atom. The molecule has 0 unspecified atom stereocenters. The van der Waals surface area contributed by atoms with Gasteiger partial charge in [-0.15, -0.1) is 6.58 Å². The number of methoxy groups -OCH3 is 1. The van der Waals surface area contributed by atoms with Crippen LogP contribution in [0.2, 0.25) is 0 Å². The Balaban J connectivity index is 2.96. The van der Waals surface area contributed by atoms with Gasteiger partial charge in [-0.25, -0.2) is 19.5 Å². The third kappa shape index (κ3) is 4.34. The van der Waals surface area contributed by atoms with E-state index < -0.39 is 17.7 Å². The fraction of sp³-hybridized carbons (Fsp3) is 0.462. The third-order valence-corrected chi connectivity index (χ3v) is 3.04. The molecule has 1 aromatic heterocycles. The van der Waals surface area contributed by atoms with Gasteiger partial charge in [0.05, 0.1) is 13.3 Å². The number of hydrogen-bond acceptors (Lipinski definition) is 6. The highest BCUT2D eigenvalue weighted by Crippen LogP contribution is 2.24. The molecular formula is C13H18N2O4S. The normalized spacial score (nSPS) is 10.8. The molecule has 0 atom stereocenters. The van der Waals surface area contributed by atoms with Crippen molar-refractivity contribution >= 4 is 28.5 Å². The third-order valence-electron chi connectivity index (χ3n) is 2.04. The first kappa shape index (κ1) is 16.2. The molecule has 0 aromatic carbocycles. The molecule has 0 aliphatic carbocycles. The SMILES string of the molecule is C=CCN(C(=O)OC(C)(C)C)c1ncc(C(=O)OC)s1. The molecule has 0 saturated heterocycles. The number of amides is 1. The van der Waals surface area contributed by atoms with Crippen LogP contribution in [0.25, 0.3) is 0 Å². The van der Waals surface area contributed by atoms with Gasteiger partial charge in [0.2, 0.25) is 0 Å². The van der Waals surface area contributed by atoms with Crippen molar-refractivity contribution < 1.29 is 19.1 Å². The molecule has 110 valence electrons. The molecule has 6 nitrogen and oxygen atoms in total. The summed E-state index contributed by atoms with van der Waals surface area (Å²) >= 11 is 1.06. The van der Waals surface area contributed by atoms with Crippen LogP contribution in [0.5, 0.6) is 0 Å². The summed E-state index contributed by atoms with van der Waals surface area (Å²) in [5.41, 5.74) is -0.612. The second-order valence-corrected chi connectivity index (χ2v) is 5.89. The molecule has 1 amide bonds. The zero-order chi connectivity index (χ0) is 15.3. The number of esters is 1. The van der Waals surface area contributed by atoms with Crippen LogP contribution in [0, 0.1) is 0 Å². The Hall–Kier alpha value is -1.89. The molecule has 0 radical (unpaired) electrons. The lowest BCUT2D eigenvalue weighted by atomic mass is 10.2. The van der Waals surface area contributed by atoms with E-state index in [1.54, 1.807) is 26.8 Å². The molecule has 1 rings (SSSR count). The van der Waals surface area contributed by atoms with Crippen LogP contribution >= 0.6 is 11.3 Å². The first-order valence-electron chi connectivity index (χ1n) is 5.94. The van der Waals surface area contributed by atoms with Crippen molar-refractivity contribution in [3.63, 3.8) is 0 Å². The van der Waals surface area contributed by atoms with Gasteiger partial charge in [0, 0.05) is 6.54 Å². The number of hydrogen-bond donors (Lipinski definition) is 0. The highest BCUT2D eigenvalue weighted by atomic mass is 32.1. The van der Waals surface area contributed by atoms with Crippen molar-refractivity contribution in [3.8, 4) is 0 Å². The summed E-state index contributed by atoms with van der Waals surface area (Å²) in [5.74, 6) is -0.489. The van der Waals surface area contributed by atoms with Crippen LogP contribution in [-0.4, -0.2) is 36.3 Å². The molecule has 1 heterocycles. The lowest BCUT2D eigenvalue weighted by Gasteiger charge is -2.24. The zero-order valence-electron chi connectivity index (χ0n) is 12.0. The van der Waals surface area contributed by atoms with Crippen molar-refractivity contribution in [1.29, 1.82) is 0 Å². The van der Waals surface area contributed by atoms with E-state index in [0.29, 0.717) is 10.0 Å². The van der Waals surface area contributed by atoms with E-state index in [2.05, 4.69) is 16.3 Å². The number of aromatic nitrogens is 1. The summed E-state index contributed by atoms with van der Waals surface area (Å²) in [5, 5.41) is 0.361. The van der Waals surface area contributed by atoms with Crippen molar-refractivity contribution in [2.75, 3.05) is 18.6 Å². The molecule has 0 bridgehead atoms. The van der Waals surface area contributed by atoms with Gasteiger partial charge in [-0.3, -0.25) is 0 Å². The largest absolute Gasteiger partial charge is 0.465 e. The minimum absolute atomic E-state index is 0.239. The van der Waals surface area contributed by atoms with Crippen molar-refractivity contribution in [3.05, 3.63) is 23.7 Å². The van der Waals surface area contributed by atoms with Gasteiger partial charge >= 0.3 is 12.1 Å². The van der Waals surface area contributed by atoms with Gasteiger partial charge in [-0.05, 0) is 20.8 Å². The van der Waals surface area contributed by atoms with Crippen LogP contribution < -0.4 is 4.90 Å². The lowest BCUT2D eigenvalue weighted by molar-refractivity contribution is 0.0580. The second-order valence-electron chi connectivity index (χ2n) is 4.88. The molecular weight excluding hydrogens is 280 g/mol. The molecule has 0 spiro atoms. The Morgan fingerprint density at radius 3 is 2.65 bits per heavy atom. The van der Waals surface area contributed by atoms with E-state index in [1.165, 1.54) is 18.2 Å². The summed E-state index contributed by atoms with van der Waals surface area (Å²) < 4.78 is 9.90. The lowest BCUT2D eigenvalue weighted by Crippen LogP contribution is -2.36. The van der Waals surface area contributed by atoms with Crippen molar-refractivity contribution in [2.45, 2.75) is 26.4 Å². The fourth-order valence-electron chi connectivity index (χ4n) is 1.26. The van der Waals surface area contributed by atoms with E-state index in [-0.39, 0.29) is 6.54 Å². The van der Waals surface area contributed by atoms with Gasteiger partial charge in [0.15, 0.2) is 5.13 Å². The Morgan fingerprint density at radius 1 is 1.50 bits per heavy atom. The molecule has 0 fully saturated rings. The number of nitrogens with zero attached hydrogens (tertiary/aromatic N) is 2. The van der Waals surface area contributed by atoms with E-state index in [1.807, 2.05) is 0 Å². The van der Waals surface area contributed by atoms with Crippen LogP contribution in [0.4, 0.5) is 9.93 Å². The zero-order valence-corrected chi connectivity index (χ0v) is 12.8. The van der Waals surface area contributed by atoms with E-state index in [4.69, 9.17) is 4.74 Å². The van der Waals surface area contributed by atoms with Gasteiger partial charge in [-0.1, -0.05) is 17.4 Å². The molecule has 0 aliphatic rings. The predicted octanol–water partition coefficient (Wildman–Crippen LogP) is 2.86. The van der Waals surface area contributed by atoms with Crippen LogP contribution in [0.1, 0.15) is 30.4 Å². The maximum absolute atomic E-state index is 12.1. The molecule has 20 heavy (non-hydrogen) atoms. The summed E-state index contributed by atoms with van der Waals surface area (Å²) in [6, 6.07) is 0. The summed E-state index contributed by atoms with van der Waals surface area (Å²) in [7, 11) is 1.29. The molecule has 1 aromatic rings. The standard InChI is InChI=1S/C13H18N2O4S/c1-6-7-15(12(17)19-13(2,3)4)11-14-8-9(20-11)10(16)18-5/h6,8H,1,7H2,2-5H3. The monoisotopic (exact) mass is 298 g/mol. The highest BCUT2D eigenvalue weighted by Gasteiger charge is 2.25. The van der Waals surface area contributed by atoms with Crippen LogP contribution in [0.15, 0.2) is 18.9 Å². The first-order chi connectivity index (χ1) is 9.28. The Labute approximate surface area is 122 Å². The summed E-state index contributed by atoms with van der Waals surface area (Å²) in [6.45, 7) is 9.17. The number of carbonyl (C=O) groups is 2. The number of thiazole rings is 1. The maximum atomic E-state index is 12.1. The van der Waals surface area contributed by atoms with E-state index >= 15 is 0 Å². The Bertz CT molecular complexity index is 505. The molecule has 0 aliphatic heterocycles. The first-order valence-corrected chi connectivity index (χ1v) is 6.75. The smallest absolute Gasteiger partial charge is 0.416 e. The molecule has 0 N–H and O–H groups in total. The number of anilines is 1. The average molecular weight is 298 g/mol. The maximum Gasteiger partial charge on any atom is 0.416 e. The Kier molecular flexibility index (Phi) is 5.26. The number of rotatable bonds is 4. The van der Waals surface area contributed by atoms with Gasteiger partial charge in [-0.2, -0.15) is 0 Å². The van der Waals surface area contributed by atoms with Crippen molar-refractivity contribution in [2.24, 2.45) is 0 Å². The van der Waals surface area contributed by atoms with Crippen molar-refractivity contribution in [1.82, 2.24) is 4.98 Å². The minimum Gasteiger partial charge on any atom is -0.465 e. The predicted molar refractivity (Wildman–Crippen MR) is 77.2 cm³/mol. The topological polar surface area (TPSA) is 68.7 Å². The summed E-state index contributed by atoms with van der Waals surface area (Å²) in [6.07, 6.45) is 2.39. The fourth-order valence-corrected chi connectivity index (χ4v) is 2.09. The number of carbonyl (C=O) groups excluding carboxylic acids is 2. The quantitative estimate of drug-likeness (QED) is 0.631. The van der Waals surface area contributed by atoms with Crippen LogP contribution in [-0.2, 0) is 9.47 Å².